The Hall–Kier alpha value is -3.47. The lowest BCUT2D eigenvalue weighted by atomic mass is 10.2. The van der Waals surface area contributed by atoms with Crippen LogP contribution in [-0.4, -0.2) is 25.7 Å². The van der Waals surface area contributed by atoms with E-state index in [-0.39, 0.29) is 12.5 Å². The molecule has 162 valence electrons. The lowest BCUT2D eigenvalue weighted by molar-refractivity contribution is -0.114. The molecule has 0 aliphatic heterocycles. The molecule has 3 aromatic carbocycles. The first kappa shape index (κ1) is 22.2. The van der Waals surface area contributed by atoms with E-state index in [0.29, 0.717) is 24.8 Å². The maximum absolute atomic E-state index is 12.4. The van der Waals surface area contributed by atoms with E-state index in [1.807, 2.05) is 66.7 Å². The SMILES string of the molecule is CC(C)COc1cccc(NCC(=O)Nc2cccc(OCCc3ccccc3)c2)c1. The fourth-order valence-electron chi connectivity index (χ4n) is 2.94. The minimum atomic E-state index is -0.130. The molecule has 0 saturated carbocycles. The van der Waals surface area contributed by atoms with Gasteiger partial charge in [0.25, 0.3) is 0 Å². The second-order valence-corrected chi connectivity index (χ2v) is 7.75. The number of amides is 1. The monoisotopic (exact) mass is 418 g/mol. The van der Waals surface area contributed by atoms with Crippen LogP contribution in [0.2, 0.25) is 0 Å². The van der Waals surface area contributed by atoms with Gasteiger partial charge in [-0.2, -0.15) is 0 Å². The van der Waals surface area contributed by atoms with Gasteiger partial charge in [0.2, 0.25) is 5.91 Å². The highest BCUT2D eigenvalue weighted by Gasteiger charge is 2.05. The summed E-state index contributed by atoms with van der Waals surface area (Å²) in [5, 5.41) is 6.04. The summed E-state index contributed by atoms with van der Waals surface area (Å²) in [6.07, 6.45) is 0.835. The molecule has 31 heavy (non-hydrogen) atoms. The molecule has 0 fully saturated rings. The fraction of sp³-hybridized carbons (Fsp3) is 0.269. The third kappa shape index (κ3) is 8.05. The molecule has 3 rings (SSSR count). The first-order chi connectivity index (χ1) is 15.1. The number of rotatable bonds is 11. The van der Waals surface area contributed by atoms with Crippen LogP contribution in [0, 0.1) is 5.92 Å². The van der Waals surface area contributed by atoms with Crippen LogP contribution in [-0.2, 0) is 11.2 Å². The minimum Gasteiger partial charge on any atom is -0.493 e. The highest BCUT2D eigenvalue weighted by Crippen LogP contribution is 2.19. The van der Waals surface area contributed by atoms with Crippen molar-refractivity contribution >= 4 is 17.3 Å². The Kier molecular flexibility index (Phi) is 8.35. The van der Waals surface area contributed by atoms with Gasteiger partial charge in [-0.3, -0.25) is 4.79 Å². The van der Waals surface area contributed by atoms with E-state index < -0.39 is 0 Å². The maximum atomic E-state index is 12.4. The van der Waals surface area contributed by atoms with Gasteiger partial charge in [-0.25, -0.2) is 0 Å². The molecule has 0 heterocycles. The van der Waals surface area contributed by atoms with Crippen LogP contribution >= 0.6 is 0 Å². The van der Waals surface area contributed by atoms with Crippen LogP contribution in [0.4, 0.5) is 11.4 Å². The molecular weight excluding hydrogens is 388 g/mol. The van der Waals surface area contributed by atoms with Gasteiger partial charge >= 0.3 is 0 Å². The number of ether oxygens (including phenoxy) is 2. The second-order valence-electron chi connectivity index (χ2n) is 7.75. The number of benzene rings is 3. The van der Waals surface area contributed by atoms with E-state index in [4.69, 9.17) is 9.47 Å². The van der Waals surface area contributed by atoms with Crippen molar-refractivity contribution in [1.29, 1.82) is 0 Å². The zero-order chi connectivity index (χ0) is 21.9. The largest absolute Gasteiger partial charge is 0.493 e. The zero-order valence-electron chi connectivity index (χ0n) is 18.1. The van der Waals surface area contributed by atoms with E-state index >= 15 is 0 Å². The average Bonchev–Trinajstić information content (AvgIpc) is 2.78. The molecule has 0 saturated heterocycles. The molecule has 3 aromatic rings. The normalized spacial score (nSPS) is 10.5. The molecule has 0 radical (unpaired) electrons. The zero-order valence-corrected chi connectivity index (χ0v) is 18.1. The lowest BCUT2D eigenvalue weighted by Crippen LogP contribution is -2.21. The van der Waals surface area contributed by atoms with Crippen LogP contribution in [0.3, 0.4) is 0 Å². The maximum Gasteiger partial charge on any atom is 0.243 e. The summed E-state index contributed by atoms with van der Waals surface area (Å²) in [4.78, 5) is 12.4. The van der Waals surface area contributed by atoms with Crippen molar-refractivity contribution in [3.63, 3.8) is 0 Å². The van der Waals surface area contributed by atoms with Gasteiger partial charge in [-0.05, 0) is 35.7 Å². The Bertz CT molecular complexity index is 958. The number of carbonyl (C=O) groups excluding carboxylic acids is 1. The van der Waals surface area contributed by atoms with Gasteiger partial charge in [0.1, 0.15) is 11.5 Å². The van der Waals surface area contributed by atoms with Gasteiger partial charge in [0, 0.05) is 29.9 Å². The van der Waals surface area contributed by atoms with Crippen molar-refractivity contribution in [2.24, 2.45) is 5.92 Å². The molecule has 2 N–H and O–H groups in total. The smallest absolute Gasteiger partial charge is 0.243 e. The van der Waals surface area contributed by atoms with Crippen molar-refractivity contribution in [2.45, 2.75) is 20.3 Å². The summed E-state index contributed by atoms with van der Waals surface area (Å²) in [5.41, 5.74) is 2.78. The summed E-state index contributed by atoms with van der Waals surface area (Å²) in [7, 11) is 0. The molecular formula is C26H30N2O3. The fourth-order valence-corrected chi connectivity index (χ4v) is 2.94. The summed E-state index contributed by atoms with van der Waals surface area (Å²) in [6.45, 7) is 5.62. The van der Waals surface area contributed by atoms with E-state index in [0.717, 1.165) is 23.6 Å². The third-order valence-corrected chi connectivity index (χ3v) is 4.49. The van der Waals surface area contributed by atoms with E-state index in [9.17, 15) is 4.79 Å². The first-order valence-electron chi connectivity index (χ1n) is 10.6. The summed E-state index contributed by atoms with van der Waals surface area (Å²) >= 11 is 0. The second kappa shape index (κ2) is 11.6. The van der Waals surface area contributed by atoms with Crippen molar-refractivity contribution in [1.82, 2.24) is 0 Å². The Morgan fingerprint density at radius 1 is 0.839 bits per heavy atom. The summed E-state index contributed by atoms with van der Waals surface area (Å²) < 4.78 is 11.6. The Balaban J connectivity index is 1.45. The van der Waals surface area contributed by atoms with E-state index in [2.05, 4.69) is 36.6 Å². The van der Waals surface area contributed by atoms with Gasteiger partial charge < -0.3 is 20.1 Å². The molecule has 1 amide bonds. The highest BCUT2D eigenvalue weighted by atomic mass is 16.5. The quantitative estimate of drug-likeness (QED) is 0.438. The van der Waals surface area contributed by atoms with Gasteiger partial charge in [-0.15, -0.1) is 0 Å². The van der Waals surface area contributed by atoms with Crippen molar-refractivity contribution in [3.05, 3.63) is 84.4 Å². The standard InChI is InChI=1S/C26H30N2O3/c1-20(2)19-31-25-13-6-10-22(16-25)27-18-26(29)28-23-11-7-12-24(17-23)30-15-14-21-8-4-3-5-9-21/h3-13,16-17,20,27H,14-15,18-19H2,1-2H3,(H,28,29). The molecule has 5 heteroatoms. The molecule has 0 bridgehead atoms. The lowest BCUT2D eigenvalue weighted by Gasteiger charge is -2.12. The van der Waals surface area contributed by atoms with Gasteiger partial charge in [0.15, 0.2) is 0 Å². The van der Waals surface area contributed by atoms with E-state index in [1.54, 1.807) is 0 Å². The van der Waals surface area contributed by atoms with Crippen LogP contribution in [0.25, 0.3) is 0 Å². The molecule has 5 nitrogen and oxygen atoms in total. The van der Waals surface area contributed by atoms with Crippen molar-refractivity contribution in [3.8, 4) is 11.5 Å². The van der Waals surface area contributed by atoms with Gasteiger partial charge in [0.05, 0.1) is 19.8 Å². The predicted molar refractivity (Wildman–Crippen MR) is 126 cm³/mol. The number of carbonyl (C=O) groups is 1. The molecule has 0 unspecified atom stereocenters. The number of anilines is 2. The number of nitrogens with one attached hydrogen (secondary N) is 2. The van der Waals surface area contributed by atoms with Crippen LogP contribution in [0.15, 0.2) is 78.9 Å². The Morgan fingerprint density at radius 3 is 2.26 bits per heavy atom. The molecule has 0 atom stereocenters. The van der Waals surface area contributed by atoms with Gasteiger partial charge in [-0.1, -0.05) is 56.3 Å². The summed E-state index contributed by atoms with van der Waals surface area (Å²) in [5.74, 6) is 1.85. The summed E-state index contributed by atoms with van der Waals surface area (Å²) in [6, 6.07) is 25.3. The Morgan fingerprint density at radius 2 is 1.52 bits per heavy atom. The minimum absolute atomic E-state index is 0.130. The number of hydrogen-bond donors (Lipinski definition) is 2. The molecule has 0 aliphatic carbocycles. The Labute approximate surface area is 184 Å². The molecule has 0 aliphatic rings. The average molecular weight is 419 g/mol. The number of hydrogen-bond acceptors (Lipinski definition) is 4. The highest BCUT2D eigenvalue weighted by molar-refractivity contribution is 5.93. The van der Waals surface area contributed by atoms with Crippen molar-refractivity contribution < 1.29 is 14.3 Å². The predicted octanol–water partition coefficient (Wildman–Crippen LogP) is 5.39. The van der Waals surface area contributed by atoms with E-state index in [1.165, 1.54) is 5.56 Å². The topological polar surface area (TPSA) is 59.6 Å². The van der Waals surface area contributed by atoms with Crippen molar-refractivity contribution in [2.75, 3.05) is 30.4 Å². The third-order valence-electron chi connectivity index (χ3n) is 4.49. The van der Waals surface area contributed by atoms with Crippen LogP contribution in [0.1, 0.15) is 19.4 Å². The molecule has 0 spiro atoms. The van der Waals surface area contributed by atoms with Crippen LogP contribution < -0.4 is 20.1 Å². The van der Waals surface area contributed by atoms with Crippen LogP contribution in [0.5, 0.6) is 11.5 Å². The molecule has 0 aromatic heterocycles. The first-order valence-corrected chi connectivity index (χ1v) is 10.6.